The Morgan fingerprint density at radius 3 is 2.76 bits per heavy atom. The van der Waals surface area contributed by atoms with Gasteiger partial charge in [0.15, 0.2) is 6.61 Å². The van der Waals surface area contributed by atoms with Crippen LogP contribution in [0, 0.1) is 11.3 Å². The van der Waals surface area contributed by atoms with Gasteiger partial charge in [-0.05, 0) is 55.0 Å². The summed E-state index contributed by atoms with van der Waals surface area (Å²) in [4.78, 5) is 16.8. The number of carbonyl (C=O) groups excluding carboxylic acids is 1. The van der Waals surface area contributed by atoms with Crippen LogP contribution in [0.4, 0.5) is 5.69 Å². The number of rotatable bonds is 7. The molecule has 6 nitrogen and oxygen atoms in total. The molecular formula is C18H16ClN3O3. The van der Waals surface area contributed by atoms with Gasteiger partial charge in [0.1, 0.15) is 11.8 Å². The highest BCUT2D eigenvalue weighted by Gasteiger charge is 2.08. The molecule has 0 aromatic heterocycles. The van der Waals surface area contributed by atoms with E-state index in [0.29, 0.717) is 22.9 Å². The molecule has 0 radical (unpaired) electrons. The van der Waals surface area contributed by atoms with E-state index in [4.69, 9.17) is 26.4 Å². The predicted molar refractivity (Wildman–Crippen MR) is 96.0 cm³/mol. The number of oxime groups is 1. The molecule has 0 aliphatic rings. The van der Waals surface area contributed by atoms with E-state index >= 15 is 0 Å². The smallest absolute Gasteiger partial charge is 0.265 e. The van der Waals surface area contributed by atoms with E-state index < -0.39 is 5.91 Å². The van der Waals surface area contributed by atoms with Crippen LogP contribution in [0.25, 0.3) is 0 Å². The third-order valence-electron chi connectivity index (χ3n) is 3.04. The Hall–Kier alpha value is -3.04. The fourth-order valence-electron chi connectivity index (χ4n) is 1.91. The number of nitrogens with one attached hydrogen (secondary N) is 1. The Kier molecular flexibility index (Phi) is 6.81. The largest absolute Gasteiger partial charge is 0.494 e. The number of hydrogen-bond acceptors (Lipinski definition) is 5. The topological polar surface area (TPSA) is 83.7 Å². The van der Waals surface area contributed by atoms with Crippen LogP contribution in [-0.4, -0.2) is 25.3 Å². The summed E-state index contributed by atoms with van der Waals surface area (Å²) in [5.74, 6) is 0.331. The van der Waals surface area contributed by atoms with Crippen molar-refractivity contribution in [2.24, 2.45) is 5.16 Å². The number of halogens is 1. The Morgan fingerprint density at radius 2 is 2.08 bits per heavy atom. The maximum atomic E-state index is 11.8. The number of nitrogens with zero attached hydrogens (tertiary/aromatic N) is 2. The van der Waals surface area contributed by atoms with Crippen LogP contribution in [0.2, 0.25) is 5.02 Å². The number of anilines is 1. The number of ether oxygens (including phenoxy) is 1. The third kappa shape index (κ3) is 5.83. The van der Waals surface area contributed by atoms with Crippen molar-refractivity contribution in [1.82, 2.24) is 0 Å². The predicted octanol–water partition coefficient (Wildman–Crippen LogP) is 3.60. The molecule has 0 heterocycles. The molecule has 0 fully saturated rings. The standard InChI is InChI=1S/C18H16ClN3O3/c1-2-24-16-7-3-13(4-8-16)11-21-25-12-18(23)22-17-9-15(19)6-5-14(17)10-20/h3-9,11H,2,12H2,1H3,(H,22,23)/b21-11-. The van der Waals surface area contributed by atoms with Gasteiger partial charge in [-0.1, -0.05) is 16.8 Å². The molecule has 1 amide bonds. The summed E-state index contributed by atoms with van der Waals surface area (Å²) in [5, 5.41) is 15.7. The molecule has 0 spiro atoms. The number of amides is 1. The van der Waals surface area contributed by atoms with Gasteiger partial charge < -0.3 is 14.9 Å². The summed E-state index contributed by atoms with van der Waals surface area (Å²) in [5.41, 5.74) is 1.46. The monoisotopic (exact) mass is 357 g/mol. The summed E-state index contributed by atoms with van der Waals surface area (Å²) >= 11 is 5.86. The minimum absolute atomic E-state index is 0.287. The Labute approximate surface area is 150 Å². The van der Waals surface area contributed by atoms with E-state index in [-0.39, 0.29) is 6.61 Å². The van der Waals surface area contributed by atoms with Crippen LogP contribution in [0.1, 0.15) is 18.1 Å². The molecule has 25 heavy (non-hydrogen) atoms. The zero-order valence-corrected chi connectivity index (χ0v) is 14.3. The molecule has 0 saturated heterocycles. The van der Waals surface area contributed by atoms with Crippen LogP contribution < -0.4 is 10.1 Å². The summed E-state index contributed by atoms with van der Waals surface area (Å²) in [7, 11) is 0. The summed E-state index contributed by atoms with van der Waals surface area (Å²) < 4.78 is 5.34. The van der Waals surface area contributed by atoms with Crippen LogP contribution >= 0.6 is 11.6 Å². The van der Waals surface area contributed by atoms with Crippen LogP contribution in [0.5, 0.6) is 5.75 Å². The van der Waals surface area contributed by atoms with Gasteiger partial charge in [0.05, 0.1) is 24.1 Å². The van der Waals surface area contributed by atoms with E-state index in [1.54, 1.807) is 6.07 Å². The van der Waals surface area contributed by atoms with Crippen LogP contribution in [-0.2, 0) is 9.63 Å². The molecule has 0 unspecified atom stereocenters. The second-order valence-corrected chi connectivity index (χ2v) is 5.30. The van der Waals surface area contributed by atoms with Gasteiger partial charge in [-0.2, -0.15) is 5.26 Å². The lowest BCUT2D eigenvalue weighted by atomic mass is 10.2. The summed E-state index contributed by atoms with van der Waals surface area (Å²) in [6.07, 6.45) is 1.49. The zero-order valence-electron chi connectivity index (χ0n) is 13.5. The average molecular weight is 358 g/mol. The van der Waals surface area contributed by atoms with Crippen LogP contribution in [0.3, 0.4) is 0 Å². The van der Waals surface area contributed by atoms with Gasteiger partial charge in [0.25, 0.3) is 5.91 Å². The van der Waals surface area contributed by atoms with E-state index in [2.05, 4.69) is 10.5 Å². The summed E-state index contributed by atoms with van der Waals surface area (Å²) in [6.45, 7) is 2.23. The molecule has 128 valence electrons. The first kappa shape index (κ1) is 18.3. The second kappa shape index (κ2) is 9.30. The highest BCUT2D eigenvalue weighted by molar-refractivity contribution is 6.31. The number of benzene rings is 2. The fourth-order valence-corrected chi connectivity index (χ4v) is 2.09. The van der Waals surface area contributed by atoms with Crippen molar-refractivity contribution in [3.8, 4) is 11.8 Å². The van der Waals surface area contributed by atoms with Crippen molar-refractivity contribution in [2.75, 3.05) is 18.5 Å². The molecule has 1 N–H and O–H groups in total. The molecule has 0 atom stereocenters. The number of carbonyl (C=O) groups is 1. The van der Waals surface area contributed by atoms with Crippen molar-refractivity contribution in [3.05, 3.63) is 58.6 Å². The molecule has 2 aromatic carbocycles. The molecule has 0 bridgehead atoms. The summed E-state index contributed by atoms with van der Waals surface area (Å²) in [6, 6.07) is 13.9. The molecule has 7 heteroatoms. The lowest BCUT2D eigenvalue weighted by molar-refractivity contribution is -0.120. The molecule has 0 aliphatic carbocycles. The molecule has 2 aromatic rings. The van der Waals surface area contributed by atoms with Gasteiger partial charge in [-0.25, -0.2) is 0 Å². The highest BCUT2D eigenvalue weighted by Crippen LogP contribution is 2.20. The minimum atomic E-state index is -0.442. The van der Waals surface area contributed by atoms with Crippen LogP contribution in [0.15, 0.2) is 47.6 Å². The number of nitriles is 1. The van der Waals surface area contributed by atoms with Gasteiger partial charge in [0.2, 0.25) is 0 Å². The quantitative estimate of drug-likeness (QED) is 0.606. The Bertz CT molecular complexity index is 798. The molecule has 0 aliphatic heterocycles. The third-order valence-corrected chi connectivity index (χ3v) is 3.27. The van der Waals surface area contributed by atoms with E-state index in [1.165, 1.54) is 18.3 Å². The van der Waals surface area contributed by atoms with E-state index in [9.17, 15) is 4.79 Å². The first-order valence-electron chi connectivity index (χ1n) is 7.50. The Balaban J connectivity index is 1.84. The maximum absolute atomic E-state index is 11.8. The van der Waals surface area contributed by atoms with Gasteiger partial charge in [0, 0.05) is 5.02 Å². The second-order valence-electron chi connectivity index (χ2n) is 4.86. The lowest BCUT2D eigenvalue weighted by Gasteiger charge is -2.06. The minimum Gasteiger partial charge on any atom is -0.494 e. The maximum Gasteiger partial charge on any atom is 0.265 e. The van der Waals surface area contributed by atoms with Gasteiger partial charge in [-0.3, -0.25) is 4.79 Å². The molecular weight excluding hydrogens is 342 g/mol. The van der Waals surface area contributed by atoms with Gasteiger partial charge in [-0.15, -0.1) is 0 Å². The SMILES string of the molecule is CCOc1ccc(/C=N\OCC(=O)Nc2cc(Cl)ccc2C#N)cc1. The van der Waals surface area contributed by atoms with Crippen molar-refractivity contribution in [1.29, 1.82) is 5.26 Å². The Morgan fingerprint density at radius 1 is 1.32 bits per heavy atom. The average Bonchev–Trinajstić information content (AvgIpc) is 2.60. The normalized spacial score (nSPS) is 10.3. The van der Waals surface area contributed by atoms with E-state index in [1.807, 2.05) is 37.3 Å². The van der Waals surface area contributed by atoms with Gasteiger partial charge >= 0.3 is 0 Å². The van der Waals surface area contributed by atoms with Crippen molar-refractivity contribution >= 4 is 29.4 Å². The van der Waals surface area contributed by atoms with E-state index in [0.717, 1.165) is 11.3 Å². The molecule has 2 rings (SSSR count). The lowest BCUT2D eigenvalue weighted by Crippen LogP contribution is -2.17. The van der Waals surface area contributed by atoms with Crippen molar-refractivity contribution in [2.45, 2.75) is 6.92 Å². The number of hydrogen-bond donors (Lipinski definition) is 1. The first-order chi connectivity index (χ1) is 12.1. The fraction of sp³-hybridized carbons (Fsp3) is 0.167. The van der Waals surface area contributed by atoms with Crippen molar-refractivity contribution in [3.63, 3.8) is 0 Å². The first-order valence-corrected chi connectivity index (χ1v) is 7.88. The highest BCUT2D eigenvalue weighted by atomic mass is 35.5. The molecule has 0 saturated carbocycles. The van der Waals surface area contributed by atoms with Crippen molar-refractivity contribution < 1.29 is 14.4 Å². The zero-order chi connectivity index (χ0) is 18.1.